The fourth-order valence-corrected chi connectivity index (χ4v) is 4.81. The van der Waals surface area contributed by atoms with Crippen LogP contribution in [0.4, 0.5) is 11.4 Å². The van der Waals surface area contributed by atoms with Gasteiger partial charge in [-0.25, -0.2) is 0 Å². The quantitative estimate of drug-likeness (QED) is 0.414. The fraction of sp³-hybridized carbons (Fsp3) is 0.267. The fourth-order valence-electron chi connectivity index (χ4n) is 4.81. The van der Waals surface area contributed by atoms with Crippen molar-refractivity contribution in [2.24, 2.45) is 0 Å². The van der Waals surface area contributed by atoms with Gasteiger partial charge in [-0.1, -0.05) is 48.5 Å². The number of benzene rings is 3. The zero-order valence-corrected chi connectivity index (χ0v) is 20.3. The average Bonchev–Trinajstić information content (AvgIpc) is 2.88. The maximum Gasteiger partial charge on any atom is 0.228 e. The molecule has 35 heavy (non-hydrogen) atoms. The molecule has 1 aliphatic heterocycles. The van der Waals surface area contributed by atoms with Crippen molar-refractivity contribution in [3.05, 3.63) is 102 Å². The smallest absolute Gasteiger partial charge is 0.228 e. The monoisotopic (exact) mass is 464 g/mol. The highest BCUT2D eigenvalue weighted by Gasteiger charge is 2.19. The number of amides is 1. The zero-order chi connectivity index (χ0) is 24.0. The molecule has 1 saturated heterocycles. The van der Waals surface area contributed by atoms with Crippen molar-refractivity contribution in [3.63, 3.8) is 0 Å². The van der Waals surface area contributed by atoms with Crippen molar-refractivity contribution in [1.82, 2.24) is 9.88 Å². The Morgan fingerprint density at radius 1 is 0.857 bits per heavy atom. The summed E-state index contributed by atoms with van der Waals surface area (Å²) in [6.45, 7) is 7.18. The molecule has 0 spiro atoms. The molecule has 5 heteroatoms. The number of hydrogen-bond acceptors (Lipinski definition) is 4. The van der Waals surface area contributed by atoms with Gasteiger partial charge in [0.1, 0.15) is 0 Å². The van der Waals surface area contributed by atoms with E-state index < -0.39 is 0 Å². The van der Waals surface area contributed by atoms with E-state index in [0.717, 1.165) is 61.6 Å². The highest BCUT2D eigenvalue weighted by Crippen LogP contribution is 2.27. The Labute approximate surface area is 207 Å². The van der Waals surface area contributed by atoms with E-state index in [2.05, 4.69) is 57.6 Å². The van der Waals surface area contributed by atoms with E-state index in [4.69, 9.17) is 4.98 Å². The van der Waals surface area contributed by atoms with Crippen molar-refractivity contribution >= 4 is 28.2 Å². The van der Waals surface area contributed by atoms with Gasteiger partial charge in [-0.15, -0.1) is 0 Å². The summed E-state index contributed by atoms with van der Waals surface area (Å²) in [4.78, 5) is 22.1. The van der Waals surface area contributed by atoms with Crippen LogP contribution in [0.1, 0.15) is 16.8 Å². The number of fused-ring (bicyclic) bond motifs is 1. The summed E-state index contributed by atoms with van der Waals surface area (Å²) in [5.41, 5.74) is 6.55. The molecule has 178 valence electrons. The van der Waals surface area contributed by atoms with Crippen LogP contribution in [0.3, 0.4) is 0 Å². The lowest BCUT2D eigenvalue weighted by Crippen LogP contribution is -2.47. The van der Waals surface area contributed by atoms with E-state index in [9.17, 15) is 4.79 Å². The Morgan fingerprint density at radius 2 is 1.63 bits per heavy atom. The molecule has 1 amide bonds. The van der Waals surface area contributed by atoms with E-state index in [-0.39, 0.29) is 5.91 Å². The van der Waals surface area contributed by atoms with E-state index in [1.165, 1.54) is 16.6 Å². The summed E-state index contributed by atoms with van der Waals surface area (Å²) in [5, 5.41) is 4.28. The molecular weight excluding hydrogens is 432 g/mol. The van der Waals surface area contributed by atoms with Gasteiger partial charge in [-0.3, -0.25) is 14.7 Å². The number of hydrogen-bond donors (Lipinski definition) is 1. The van der Waals surface area contributed by atoms with Gasteiger partial charge in [0.15, 0.2) is 0 Å². The molecule has 1 aliphatic rings. The van der Waals surface area contributed by atoms with Crippen LogP contribution in [0, 0.1) is 6.92 Å². The number of nitrogens with one attached hydrogen (secondary N) is 1. The minimum atomic E-state index is 0.0169. The summed E-state index contributed by atoms with van der Waals surface area (Å²) in [5.74, 6) is 0.0169. The first-order valence-electron chi connectivity index (χ1n) is 12.4. The topological polar surface area (TPSA) is 48.5 Å². The first-order valence-corrected chi connectivity index (χ1v) is 12.4. The zero-order valence-electron chi connectivity index (χ0n) is 20.3. The summed E-state index contributed by atoms with van der Waals surface area (Å²) in [6, 6.07) is 28.8. The largest absolute Gasteiger partial charge is 0.368 e. The number of aryl methyl sites for hydroxylation is 1. The second kappa shape index (κ2) is 10.7. The molecule has 0 atom stereocenters. The number of anilines is 2. The molecule has 0 bridgehead atoms. The lowest BCUT2D eigenvalue weighted by atomic mass is 10.1. The van der Waals surface area contributed by atoms with Gasteiger partial charge in [-0.05, 0) is 60.9 Å². The maximum atomic E-state index is 12.4. The first kappa shape index (κ1) is 23.1. The number of carbonyl (C=O) groups excluding carboxylic acids is 1. The van der Waals surface area contributed by atoms with Crippen molar-refractivity contribution < 1.29 is 4.79 Å². The minimum absolute atomic E-state index is 0.0169. The van der Waals surface area contributed by atoms with Gasteiger partial charge in [-0.2, -0.15) is 0 Å². The van der Waals surface area contributed by atoms with Gasteiger partial charge in [0.2, 0.25) is 5.91 Å². The SMILES string of the molecule is Cc1ccc2c(N3CCN(CCc4cccc(NC(=O)Cc5ccccc5)c4)CC3)cccc2n1. The molecule has 3 aromatic carbocycles. The summed E-state index contributed by atoms with van der Waals surface area (Å²) < 4.78 is 0. The van der Waals surface area contributed by atoms with Crippen LogP contribution in [0.25, 0.3) is 10.9 Å². The highest BCUT2D eigenvalue weighted by atomic mass is 16.1. The molecule has 0 aliphatic carbocycles. The predicted molar refractivity (Wildman–Crippen MR) is 144 cm³/mol. The van der Waals surface area contributed by atoms with Crippen LogP contribution in [0.15, 0.2) is 84.9 Å². The summed E-state index contributed by atoms with van der Waals surface area (Å²) in [7, 11) is 0. The van der Waals surface area contributed by atoms with Crippen molar-refractivity contribution in [3.8, 4) is 0 Å². The van der Waals surface area contributed by atoms with Gasteiger partial charge >= 0.3 is 0 Å². The third kappa shape index (κ3) is 5.87. The van der Waals surface area contributed by atoms with Gasteiger partial charge in [0.05, 0.1) is 11.9 Å². The van der Waals surface area contributed by atoms with E-state index in [1.54, 1.807) is 0 Å². The molecule has 0 radical (unpaired) electrons. The first-order chi connectivity index (χ1) is 17.1. The highest BCUT2D eigenvalue weighted by molar-refractivity contribution is 5.92. The Morgan fingerprint density at radius 3 is 2.46 bits per heavy atom. The van der Waals surface area contributed by atoms with Crippen LogP contribution in [0.2, 0.25) is 0 Å². The van der Waals surface area contributed by atoms with Crippen LogP contribution >= 0.6 is 0 Å². The molecule has 1 fully saturated rings. The second-order valence-electron chi connectivity index (χ2n) is 9.29. The third-order valence-electron chi connectivity index (χ3n) is 6.70. The lowest BCUT2D eigenvalue weighted by Gasteiger charge is -2.36. The maximum absolute atomic E-state index is 12.4. The number of pyridine rings is 1. The number of aromatic nitrogens is 1. The van der Waals surface area contributed by atoms with Gasteiger partial charge < -0.3 is 10.2 Å². The molecular formula is C30H32N4O. The normalized spacial score (nSPS) is 14.3. The van der Waals surface area contributed by atoms with Crippen molar-refractivity contribution in [2.45, 2.75) is 19.8 Å². The van der Waals surface area contributed by atoms with E-state index in [1.807, 2.05) is 49.4 Å². The van der Waals surface area contributed by atoms with E-state index >= 15 is 0 Å². The number of nitrogens with zero attached hydrogens (tertiary/aromatic N) is 3. The van der Waals surface area contributed by atoms with Gasteiger partial charge in [0, 0.05) is 55.2 Å². The number of piperazine rings is 1. The van der Waals surface area contributed by atoms with E-state index in [0.29, 0.717) is 6.42 Å². The Bertz CT molecular complexity index is 1300. The third-order valence-corrected chi connectivity index (χ3v) is 6.70. The molecule has 5 rings (SSSR count). The Balaban J connectivity index is 1.13. The molecule has 5 nitrogen and oxygen atoms in total. The standard InChI is InChI=1S/C30H32N4O/c1-23-13-14-27-28(31-23)11-6-12-29(27)34-19-17-33(18-20-34)16-15-25-9-5-10-26(21-25)32-30(35)22-24-7-3-2-4-8-24/h2-14,21H,15-20,22H2,1H3,(H,32,35). The molecule has 4 aromatic rings. The Kier molecular flexibility index (Phi) is 7.05. The number of rotatable bonds is 7. The minimum Gasteiger partial charge on any atom is -0.368 e. The average molecular weight is 465 g/mol. The predicted octanol–water partition coefficient (Wildman–Crippen LogP) is 5.09. The van der Waals surface area contributed by atoms with Crippen LogP contribution in [-0.4, -0.2) is 48.5 Å². The second-order valence-corrected chi connectivity index (χ2v) is 9.29. The van der Waals surface area contributed by atoms with Gasteiger partial charge in [0.25, 0.3) is 0 Å². The molecule has 0 saturated carbocycles. The van der Waals surface area contributed by atoms with Crippen molar-refractivity contribution in [2.75, 3.05) is 42.9 Å². The molecule has 0 unspecified atom stereocenters. The van der Waals surface area contributed by atoms with Crippen LogP contribution in [0.5, 0.6) is 0 Å². The van der Waals surface area contributed by atoms with Crippen LogP contribution in [-0.2, 0) is 17.6 Å². The lowest BCUT2D eigenvalue weighted by molar-refractivity contribution is -0.115. The summed E-state index contributed by atoms with van der Waals surface area (Å²) in [6.07, 6.45) is 1.36. The summed E-state index contributed by atoms with van der Waals surface area (Å²) >= 11 is 0. The molecule has 1 aromatic heterocycles. The molecule has 1 N–H and O–H groups in total. The number of carbonyl (C=O) groups is 1. The van der Waals surface area contributed by atoms with Crippen LogP contribution < -0.4 is 10.2 Å². The molecule has 2 heterocycles. The Hall–Kier alpha value is -3.70. The van der Waals surface area contributed by atoms with Crippen molar-refractivity contribution in [1.29, 1.82) is 0 Å².